The fraction of sp³-hybridized carbons (Fsp3) is 0.211. The Morgan fingerprint density at radius 2 is 1.89 bits per heavy atom. The smallest absolute Gasteiger partial charge is 0.245 e. The number of ether oxygens (including phenoxy) is 2. The van der Waals surface area contributed by atoms with Gasteiger partial charge in [0.15, 0.2) is 16.6 Å². The number of anilines is 1. The first-order valence-corrected chi connectivity index (χ1v) is 9.40. The number of hydrogen-bond donors (Lipinski definition) is 2. The molecule has 0 fully saturated rings. The maximum Gasteiger partial charge on any atom is 0.245 e. The molecule has 1 aliphatic rings. The van der Waals surface area contributed by atoms with E-state index in [9.17, 15) is 14.0 Å². The molecule has 0 spiro atoms. The van der Waals surface area contributed by atoms with Crippen LogP contribution in [0.15, 0.2) is 36.4 Å². The van der Waals surface area contributed by atoms with E-state index in [1.54, 1.807) is 12.1 Å². The van der Waals surface area contributed by atoms with Gasteiger partial charge < -0.3 is 20.1 Å². The maximum absolute atomic E-state index is 13.1. The topological polar surface area (TPSA) is 89.6 Å². The van der Waals surface area contributed by atoms with Crippen LogP contribution < -0.4 is 20.1 Å². The van der Waals surface area contributed by atoms with Gasteiger partial charge in [-0.25, -0.2) is 9.37 Å². The van der Waals surface area contributed by atoms with Gasteiger partial charge in [-0.15, -0.1) is 0 Å². The maximum atomic E-state index is 13.1. The molecule has 0 bridgehead atoms. The molecule has 0 saturated heterocycles. The van der Waals surface area contributed by atoms with E-state index in [2.05, 4.69) is 15.6 Å². The monoisotopic (exact) mass is 401 g/mol. The molecule has 1 aliphatic heterocycles. The van der Waals surface area contributed by atoms with Gasteiger partial charge in [-0.1, -0.05) is 23.5 Å². The van der Waals surface area contributed by atoms with E-state index in [1.807, 2.05) is 6.07 Å². The Labute approximate surface area is 163 Å². The van der Waals surface area contributed by atoms with E-state index in [4.69, 9.17) is 9.47 Å². The number of carbonyl (C=O) groups excluding carboxylic acids is 2. The minimum absolute atomic E-state index is 0.00225. The number of nitrogens with zero attached hydrogens (tertiary/aromatic N) is 1. The van der Waals surface area contributed by atoms with Gasteiger partial charge in [-0.3, -0.25) is 9.59 Å². The number of thiazole rings is 1. The summed E-state index contributed by atoms with van der Waals surface area (Å²) in [6, 6.07) is 9.38. The zero-order chi connectivity index (χ0) is 19.5. The number of amides is 2. The van der Waals surface area contributed by atoms with Gasteiger partial charge in [0.2, 0.25) is 11.8 Å². The Morgan fingerprint density at radius 3 is 2.68 bits per heavy atom. The van der Waals surface area contributed by atoms with Crippen molar-refractivity contribution in [1.82, 2.24) is 10.3 Å². The van der Waals surface area contributed by atoms with Crippen LogP contribution in [0.3, 0.4) is 0 Å². The van der Waals surface area contributed by atoms with Crippen molar-refractivity contribution < 1.29 is 23.5 Å². The molecule has 2 heterocycles. The lowest BCUT2D eigenvalue weighted by atomic mass is 10.1. The third kappa shape index (κ3) is 4.20. The molecule has 9 heteroatoms. The predicted octanol–water partition coefficient (Wildman–Crippen LogP) is 2.50. The van der Waals surface area contributed by atoms with Gasteiger partial charge in [0.05, 0.1) is 23.2 Å². The lowest BCUT2D eigenvalue weighted by Crippen LogP contribution is -2.33. The van der Waals surface area contributed by atoms with Crippen molar-refractivity contribution >= 4 is 38.5 Å². The van der Waals surface area contributed by atoms with Crippen LogP contribution in [-0.4, -0.2) is 36.6 Å². The highest BCUT2D eigenvalue weighted by molar-refractivity contribution is 7.22. The number of halogens is 1. The average molecular weight is 401 g/mol. The summed E-state index contributed by atoms with van der Waals surface area (Å²) in [5.74, 6) is 0.115. The summed E-state index contributed by atoms with van der Waals surface area (Å²) in [4.78, 5) is 28.4. The molecule has 7 nitrogen and oxygen atoms in total. The van der Waals surface area contributed by atoms with Crippen LogP contribution >= 0.6 is 11.3 Å². The van der Waals surface area contributed by atoms with Crippen molar-refractivity contribution in [2.45, 2.75) is 6.42 Å². The lowest BCUT2D eigenvalue weighted by molar-refractivity contribution is -0.123. The molecule has 0 radical (unpaired) electrons. The van der Waals surface area contributed by atoms with Crippen molar-refractivity contribution in [2.75, 3.05) is 25.1 Å². The number of hydrogen-bond acceptors (Lipinski definition) is 6. The molecule has 2 N–H and O–H groups in total. The van der Waals surface area contributed by atoms with Gasteiger partial charge in [0.1, 0.15) is 19.0 Å². The van der Waals surface area contributed by atoms with Crippen molar-refractivity contribution in [1.29, 1.82) is 0 Å². The van der Waals surface area contributed by atoms with Crippen LogP contribution in [0.1, 0.15) is 5.56 Å². The average Bonchev–Trinajstić information content (AvgIpc) is 3.05. The van der Waals surface area contributed by atoms with Crippen LogP contribution in [0.4, 0.5) is 9.52 Å². The van der Waals surface area contributed by atoms with E-state index in [1.165, 1.54) is 29.5 Å². The van der Waals surface area contributed by atoms with Crippen LogP contribution in [-0.2, 0) is 16.0 Å². The van der Waals surface area contributed by atoms with E-state index >= 15 is 0 Å². The Hall–Kier alpha value is -3.20. The first-order chi connectivity index (χ1) is 13.6. The fourth-order valence-corrected chi connectivity index (χ4v) is 3.65. The van der Waals surface area contributed by atoms with Crippen LogP contribution in [0, 0.1) is 5.82 Å². The molecular weight excluding hydrogens is 385 g/mol. The molecule has 2 aromatic carbocycles. The van der Waals surface area contributed by atoms with E-state index in [0.29, 0.717) is 40.9 Å². The highest BCUT2D eigenvalue weighted by Crippen LogP contribution is 2.37. The first kappa shape index (κ1) is 18.2. The number of fused-ring (bicyclic) bond motifs is 2. The summed E-state index contributed by atoms with van der Waals surface area (Å²) in [6.07, 6.45) is -0.00225. The summed E-state index contributed by atoms with van der Waals surface area (Å²) in [5, 5.41) is 5.59. The second kappa shape index (κ2) is 7.81. The van der Waals surface area contributed by atoms with Gasteiger partial charge >= 0.3 is 0 Å². The summed E-state index contributed by atoms with van der Waals surface area (Å²) < 4.78 is 25.1. The Bertz CT molecular complexity index is 1010. The van der Waals surface area contributed by atoms with Gasteiger partial charge in [-0.05, 0) is 17.7 Å². The van der Waals surface area contributed by atoms with E-state index in [-0.39, 0.29) is 18.9 Å². The molecule has 2 amide bonds. The number of aromatic nitrogens is 1. The lowest BCUT2D eigenvalue weighted by Gasteiger charge is -2.17. The Kier molecular flexibility index (Phi) is 5.07. The molecular formula is C19H16FN3O4S. The molecule has 4 rings (SSSR count). The zero-order valence-electron chi connectivity index (χ0n) is 14.7. The van der Waals surface area contributed by atoms with Crippen molar-refractivity contribution in [3.63, 3.8) is 0 Å². The van der Waals surface area contributed by atoms with E-state index in [0.717, 1.165) is 4.70 Å². The largest absolute Gasteiger partial charge is 0.486 e. The third-order valence-electron chi connectivity index (χ3n) is 4.00. The van der Waals surface area contributed by atoms with Gasteiger partial charge in [0, 0.05) is 12.1 Å². The highest BCUT2D eigenvalue weighted by Gasteiger charge is 2.16. The molecule has 144 valence electrons. The first-order valence-electron chi connectivity index (χ1n) is 8.58. The minimum Gasteiger partial charge on any atom is -0.486 e. The van der Waals surface area contributed by atoms with Crippen molar-refractivity contribution in [3.8, 4) is 11.5 Å². The van der Waals surface area contributed by atoms with Crippen molar-refractivity contribution in [2.24, 2.45) is 0 Å². The van der Waals surface area contributed by atoms with Crippen LogP contribution in [0.2, 0.25) is 0 Å². The number of carbonyl (C=O) groups is 2. The fourth-order valence-electron chi connectivity index (χ4n) is 2.76. The number of rotatable bonds is 5. The predicted molar refractivity (Wildman–Crippen MR) is 102 cm³/mol. The molecule has 0 unspecified atom stereocenters. The van der Waals surface area contributed by atoms with Gasteiger partial charge in [0.25, 0.3) is 0 Å². The van der Waals surface area contributed by atoms with Crippen LogP contribution in [0.5, 0.6) is 11.5 Å². The van der Waals surface area contributed by atoms with Gasteiger partial charge in [-0.2, -0.15) is 0 Å². The number of nitrogens with one attached hydrogen (secondary N) is 2. The zero-order valence-corrected chi connectivity index (χ0v) is 15.5. The summed E-state index contributed by atoms with van der Waals surface area (Å²) in [6.45, 7) is 0.782. The molecule has 3 aromatic rings. The summed E-state index contributed by atoms with van der Waals surface area (Å²) in [5.41, 5.74) is 1.23. The van der Waals surface area contributed by atoms with Crippen LogP contribution in [0.25, 0.3) is 10.2 Å². The molecule has 0 atom stereocenters. The number of benzene rings is 2. The quantitative estimate of drug-likeness (QED) is 0.686. The second-order valence-corrected chi connectivity index (χ2v) is 7.14. The second-order valence-electron chi connectivity index (χ2n) is 6.11. The standard InChI is InChI=1S/C19H16FN3O4S/c20-12-3-1-2-11(6-12)7-17(24)21-10-18(25)23-19-22-13-8-14-15(9-16(13)28-19)27-5-4-26-14/h1-3,6,8-9H,4-5,7,10H2,(H,21,24)(H,22,23,25). The normalized spacial score (nSPS) is 12.6. The summed E-state index contributed by atoms with van der Waals surface area (Å²) in [7, 11) is 0. The minimum atomic E-state index is -0.406. The third-order valence-corrected chi connectivity index (χ3v) is 4.93. The molecule has 0 aliphatic carbocycles. The molecule has 1 aromatic heterocycles. The van der Waals surface area contributed by atoms with E-state index < -0.39 is 11.7 Å². The molecule has 28 heavy (non-hydrogen) atoms. The Morgan fingerprint density at radius 1 is 1.11 bits per heavy atom. The highest BCUT2D eigenvalue weighted by atomic mass is 32.1. The molecule has 0 saturated carbocycles. The SMILES string of the molecule is O=C(Cc1cccc(F)c1)NCC(=O)Nc1nc2cc3c(cc2s1)OCCO3. The van der Waals surface area contributed by atoms with Crippen molar-refractivity contribution in [3.05, 3.63) is 47.8 Å². The Balaban J connectivity index is 1.34. The summed E-state index contributed by atoms with van der Waals surface area (Å²) >= 11 is 1.30.